The molecule has 1 unspecified atom stereocenters. The maximum atomic E-state index is 10.9. The molecule has 0 heterocycles. The van der Waals surface area contributed by atoms with E-state index in [4.69, 9.17) is 27.2 Å². The van der Waals surface area contributed by atoms with Crippen molar-refractivity contribution in [3.05, 3.63) is 64.2 Å². The molecule has 2 rings (SSSR count). The minimum Gasteiger partial charge on any atom is -0.487 e. The summed E-state index contributed by atoms with van der Waals surface area (Å²) in [5.74, 6) is -0.551. The standard InChI is InChI=1S/C16H16ClNO3/c1-10-7-12(14(18)16(19)20)8-13(17)15(10)21-9-11-5-3-2-4-6-11/h2-8,14H,9,18H2,1H3,(H,19,20). The van der Waals surface area contributed by atoms with E-state index in [1.165, 1.54) is 6.07 Å². The Balaban J connectivity index is 2.19. The number of aliphatic carboxylic acids is 1. The fourth-order valence-corrected chi connectivity index (χ4v) is 2.32. The topological polar surface area (TPSA) is 72.6 Å². The first kappa shape index (κ1) is 15.4. The van der Waals surface area contributed by atoms with Crippen molar-refractivity contribution in [1.82, 2.24) is 0 Å². The number of rotatable bonds is 5. The molecule has 0 aliphatic carbocycles. The Labute approximate surface area is 128 Å². The van der Waals surface area contributed by atoms with Gasteiger partial charge in [-0.2, -0.15) is 0 Å². The van der Waals surface area contributed by atoms with Gasteiger partial charge in [-0.05, 0) is 29.7 Å². The first-order valence-corrected chi connectivity index (χ1v) is 6.82. The Hall–Kier alpha value is -2.04. The number of hydrogen-bond acceptors (Lipinski definition) is 3. The van der Waals surface area contributed by atoms with Crippen LogP contribution in [0.3, 0.4) is 0 Å². The van der Waals surface area contributed by atoms with E-state index >= 15 is 0 Å². The molecule has 0 spiro atoms. The van der Waals surface area contributed by atoms with Crippen LogP contribution in [0.2, 0.25) is 5.02 Å². The number of benzene rings is 2. The number of hydrogen-bond donors (Lipinski definition) is 2. The van der Waals surface area contributed by atoms with Gasteiger partial charge >= 0.3 is 5.97 Å². The summed E-state index contributed by atoms with van der Waals surface area (Å²) < 4.78 is 5.73. The van der Waals surface area contributed by atoms with Gasteiger partial charge in [-0.1, -0.05) is 48.0 Å². The zero-order valence-corrected chi connectivity index (χ0v) is 12.3. The second-order valence-electron chi connectivity index (χ2n) is 4.74. The molecule has 0 aromatic heterocycles. The van der Waals surface area contributed by atoms with Gasteiger partial charge in [-0.3, -0.25) is 4.79 Å². The van der Waals surface area contributed by atoms with Gasteiger partial charge in [-0.25, -0.2) is 0 Å². The monoisotopic (exact) mass is 305 g/mol. The van der Waals surface area contributed by atoms with Crippen molar-refractivity contribution >= 4 is 17.6 Å². The molecular weight excluding hydrogens is 290 g/mol. The Morgan fingerprint density at radius 1 is 1.33 bits per heavy atom. The summed E-state index contributed by atoms with van der Waals surface area (Å²) >= 11 is 6.18. The Morgan fingerprint density at radius 3 is 2.57 bits per heavy atom. The summed E-state index contributed by atoms with van der Waals surface area (Å²) in [6.07, 6.45) is 0. The lowest BCUT2D eigenvalue weighted by atomic mass is 10.0. The van der Waals surface area contributed by atoms with Crippen LogP contribution in [0, 0.1) is 6.92 Å². The molecule has 1 atom stereocenters. The van der Waals surface area contributed by atoms with Gasteiger partial charge in [0.25, 0.3) is 0 Å². The molecule has 0 aliphatic heterocycles. The van der Waals surface area contributed by atoms with E-state index in [1.54, 1.807) is 6.07 Å². The second kappa shape index (κ2) is 6.61. The number of ether oxygens (including phenoxy) is 1. The zero-order chi connectivity index (χ0) is 15.4. The van der Waals surface area contributed by atoms with Crippen LogP contribution in [0.4, 0.5) is 0 Å². The molecule has 0 aliphatic rings. The van der Waals surface area contributed by atoms with Crippen molar-refractivity contribution in [2.75, 3.05) is 0 Å². The molecule has 5 heteroatoms. The highest BCUT2D eigenvalue weighted by atomic mass is 35.5. The maximum Gasteiger partial charge on any atom is 0.325 e. The minimum absolute atomic E-state index is 0.359. The third-order valence-electron chi connectivity index (χ3n) is 3.10. The first-order chi connectivity index (χ1) is 9.99. The van der Waals surface area contributed by atoms with Crippen molar-refractivity contribution < 1.29 is 14.6 Å². The van der Waals surface area contributed by atoms with Gasteiger partial charge in [0, 0.05) is 0 Å². The van der Waals surface area contributed by atoms with Crippen molar-refractivity contribution in [3.63, 3.8) is 0 Å². The van der Waals surface area contributed by atoms with Gasteiger partial charge in [0.05, 0.1) is 5.02 Å². The molecule has 0 bridgehead atoms. The van der Waals surface area contributed by atoms with Crippen LogP contribution in [0.1, 0.15) is 22.7 Å². The number of carboxylic acids is 1. The molecule has 0 saturated heterocycles. The molecule has 2 aromatic carbocycles. The van der Waals surface area contributed by atoms with E-state index in [9.17, 15) is 4.79 Å². The van der Waals surface area contributed by atoms with Crippen LogP contribution in [0.15, 0.2) is 42.5 Å². The van der Waals surface area contributed by atoms with Crippen LogP contribution >= 0.6 is 11.6 Å². The number of halogens is 1. The van der Waals surface area contributed by atoms with E-state index in [-0.39, 0.29) is 0 Å². The molecule has 2 aromatic rings. The summed E-state index contributed by atoms with van der Waals surface area (Å²) in [5, 5.41) is 9.30. The second-order valence-corrected chi connectivity index (χ2v) is 5.15. The maximum absolute atomic E-state index is 10.9. The van der Waals surface area contributed by atoms with Crippen molar-refractivity contribution in [2.24, 2.45) is 5.73 Å². The number of aryl methyl sites for hydroxylation is 1. The number of carbonyl (C=O) groups is 1. The van der Waals surface area contributed by atoms with Crippen LogP contribution in [-0.2, 0) is 11.4 Å². The quantitative estimate of drug-likeness (QED) is 0.889. The molecule has 3 N–H and O–H groups in total. The van der Waals surface area contributed by atoms with E-state index in [2.05, 4.69) is 0 Å². The average Bonchev–Trinajstić information content (AvgIpc) is 2.46. The highest BCUT2D eigenvalue weighted by Crippen LogP contribution is 2.32. The average molecular weight is 306 g/mol. The van der Waals surface area contributed by atoms with Crippen LogP contribution in [-0.4, -0.2) is 11.1 Å². The summed E-state index contributed by atoms with van der Waals surface area (Å²) in [5.41, 5.74) is 7.83. The van der Waals surface area contributed by atoms with Crippen LogP contribution in [0.5, 0.6) is 5.75 Å². The first-order valence-electron chi connectivity index (χ1n) is 6.44. The molecule has 110 valence electrons. The van der Waals surface area contributed by atoms with Crippen molar-refractivity contribution in [3.8, 4) is 5.75 Å². The van der Waals surface area contributed by atoms with Gasteiger partial charge in [0.15, 0.2) is 0 Å². The molecule has 0 fully saturated rings. The van der Waals surface area contributed by atoms with E-state index in [0.717, 1.165) is 11.1 Å². The van der Waals surface area contributed by atoms with Crippen molar-refractivity contribution in [1.29, 1.82) is 0 Å². The Bertz CT molecular complexity index is 620. The van der Waals surface area contributed by atoms with Gasteiger partial charge in [-0.15, -0.1) is 0 Å². The van der Waals surface area contributed by atoms with E-state index < -0.39 is 12.0 Å². The Morgan fingerprint density at radius 2 is 2.00 bits per heavy atom. The van der Waals surface area contributed by atoms with Crippen LogP contribution < -0.4 is 10.5 Å². The highest BCUT2D eigenvalue weighted by molar-refractivity contribution is 6.32. The summed E-state index contributed by atoms with van der Waals surface area (Å²) in [6, 6.07) is 11.8. The summed E-state index contributed by atoms with van der Waals surface area (Å²) in [6.45, 7) is 2.20. The minimum atomic E-state index is -1.09. The van der Waals surface area contributed by atoms with Gasteiger partial charge < -0.3 is 15.6 Å². The third-order valence-corrected chi connectivity index (χ3v) is 3.38. The lowest BCUT2D eigenvalue weighted by Crippen LogP contribution is -2.20. The molecule has 0 radical (unpaired) electrons. The fraction of sp³-hybridized carbons (Fsp3) is 0.188. The Kier molecular flexibility index (Phi) is 4.83. The molecule has 0 saturated carbocycles. The van der Waals surface area contributed by atoms with Crippen LogP contribution in [0.25, 0.3) is 0 Å². The smallest absolute Gasteiger partial charge is 0.325 e. The fourth-order valence-electron chi connectivity index (χ4n) is 1.99. The zero-order valence-electron chi connectivity index (χ0n) is 11.5. The highest BCUT2D eigenvalue weighted by Gasteiger charge is 2.17. The van der Waals surface area contributed by atoms with E-state index in [1.807, 2.05) is 37.3 Å². The third kappa shape index (κ3) is 3.74. The molecule has 4 nitrogen and oxygen atoms in total. The lowest BCUT2D eigenvalue weighted by molar-refractivity contribution is -0.138. The molecular formula is C16H16ClNO3. The predicted octanol–water partition coefficient (Wildman–Crippen LogP) is 3.31. The largest absolute Gasteiger partial charge is 0.487 e. The van der Waals surface area contributed by atoms with Gasteiger partial charge in [0.2, 0.25) is 0 Å². The normalized spacial score (nSPS) is 12.0. The summed E-state index contributed by atoms with van der Waals surface area (Å²) in [4.78, 5) is 10.9. The number of nitrogens with two attached hydrogens (primary N) is 1. The summed E-state index contributed by atoms with van der Waals surface area (Å²) in [7, 11) is 0. The number of carboxylic acid groups (broad SMARTS) is 1. The van der Waals surface area contributed by atoms with E-state index in [0.29, 0.717) is 22.9 Å². The predicted molar refractivity (Wildman–Crippen MR) is 81.5 cm³/mol. The molecule has 0 amide bonds. The van der Waals surface area contributed by atoms with Gasteiger partial charge in [0.1, 0.15) is 18.4 Å². The van der Waals surface area contributed by atoms with Crippen molar-refractivity contribution in [2.45, 2.75) is 19.6 Å². The lowest BCUT2D eigenvalue weighted by Gasteiger charge is -2.14. The SMILES string of the molecule is Cc1cc(C(N)C(=O)O)cc(Cl)c1OCc1ccccc1. The molecule has 21 heavy (non-hydrogen) atoms.